The standard InChI is InChI=1S/C17H23BrO2/c1-12(10-11-19)14-6-8-15(9-7-14)20-17-5-3-4-16(18)13(17)2/h3-5,11-12,14-15H,6-10H2,1-2H3/t12-,14?,15?/m0/s1. The van der Waals surface area contributed by atoms with E-state index in [-0.39, 0.29) is 0 Å². The molecule has 1 aromatic rings. The van der Waals surface area contributed by atoms with Gasteiger partial charge in [-0.05, 0) is 56.6 Å². The fraction of sp³-hybridized carbons (Fsp3) is 0.588. The van der Waals surface area contributed by atoms with Gasteiger partial charge in [-0.2, -0.15) is 0 Å². The average Bonchev–Trinajstić information content (AvgIpc) is 2.45. The van der Waals surface area contributed by atoms with Crippen LogP contribution in [0.15, 0.2) is 22.7 Å². The fourth-order valence-electron chi connectivity index (χ4n) is 3.01. The molecule has 0 amide bonds. The summed E-state index contributed by atoms with van der Waals surface area (Å²) in [6.45, 7) is 4.27. The number of carbonyl (C=O) groups is 1. The zero-order chi connectivity index (χ0) is 14.5. The molecule has 2 rings (SSSR count). The monoisotopic (exact) mass is 338 g/mol. The highest BCUT2D eigenvalue weighted by Crippen LogP contribution is 2.34. The molecule has 1 fully saturated rings. The number of rotatable bonds is 5. The smallest absolute Gasteiger partial charge is 0.123 e. The summed E-state index contributed by atoms with van der Waals surface area (Å²) in [7, 11) is 0. The second-order valence-electron chi connectivity index (χ2n) is 5.90. The lowest BCUT2D eigenvalue weighted by molar-refractivity contribution is -0.109. The molecule has 0 aromatic heterocycles. The minimum atomic E-state index is 0.322. The Bertz CT molecular complexity index is 450. The zero-order valence-electron chi connectivity index (χ0n) is 12.3. The van der Waals surface area contributed by atoms with Gasteiger partial charge < -0.3 is 9.53 Å². The Balaban J connectivity index is 1.88. The Morgan fingerprint density at radius 3 is 2.70 bits per heavy atom. The normalized spacial score (nSPS) is 24.1. The summed E-state index contributed by atoms with van der Waals surface area (Å²) in [4.78, 5) is 10.6. The van der Waals surface area contributed by atoms with E-state index in [1.165, 1.54) is 18.4 Å². The number of benzene rings is 1. The Labute approximate surface area is 130 Å². The summed E-state index contributed by atoms with van der Waals surface area (Å²) in [5.41, 5.74) is 1.17. The van der Waals surface area contributed by atoms with Gasteiger partial charge in [-0.15, -0.1) is 0 Å². The molecule has 3 heteroatoms. The molecule has 0 spiro atoms. The molecule has 0 N–H and O–H groups in total. The molecule has 110 valence electrons. The number of hydrogen-bond acceptors (Lipinski definition) is 2. The topological polar surface area (TPSA) is 26.3 Å². The van der Waals surface area contributed by atoms with Crippen LogP contribution >= 0.6 is 15.9 Å². The molecular formula is C17H23BrO2. The van der Waals surface area contributed by atoms with Crippen molar-refractivity contribution in [2.75, 3.05) is 0 Å². The molecule has 1 aliphatic rings. The Morgan fingerprint density at radius 1 is 1.35 bits per heavy atom. The van der Waals surface area contributed by atoms with E-state index in [4.69, 9.17) is 4.74 Å². The molecule has 1 saturated carbocycles. The molecule has 0 saturated heterocycles. The van der Waals surface area contributed by atoms with Crippen LogP contribution in [0.2, 0.25) is 0 Å². The fourth-order valence-corrected chi connectivity index (χ4v) is 3.36. The van der Waals surface area contributed by atoms with Crippen LogP contribution in [-0.2, 0) is 4.79 Å². The molecular weight excluding hydrogens is 316 g/mol. The molecule has 20 heavy (non-hydrogen) atoms. The largest absolute Gasteiger partial charge is 0.490 e. The minimum absolute atomic E-state index is 0.322. The summed E-state index contributed by atoms with van der Waals surface area (Å²) < 4.78 is 7.26. The van der Waals surface area contributed by atoms with Crippen molar-refractivity contribution >= 4 is 22.2 Å². The minimum Gasteiger partial charge on any atom is -0.490 e. The van der Waals surface area contributed by atoms with E-state index >= 15 is 0 Å². The van der Waals surface area contributed by atoms with Crippen molar-refractivity contribution < 1.29 is 9.53 Å². The van der Waals surface area contributed by atoms with Crippen LogP contribution < -0.4 is 4.74 Å². The maximum atomic E-state index is 10.6. The third-order valence-corrected chi connectivity index (χ3v) is 5.36. The highest BCUT2D eigenvalue weighted by Gasteiger charge is 2.26. The van der Waals surface area contributed by atoms with E-state index < -0.39 is 0 Å². The molecule has 0 bridgehead atoms. The predicted molar refractivity (Wildman–Crippen MR) is 85.1 cm³/mol. The molecule has 0 unspecified atom stereocenters. The van der Waals surface area contributed by atoms with Gasteiger partial charge in [-0.3, -0.25) is 0 Å². The van der Waals surface area contributed by atoms with Crippen molar-refractivity contribution in [1.29, 1.82) is 0 Å². The number of halogens is 1. The molecule has 1 aromatic carbocycles. The lowest BCUT2D eigenvalue weighted by Crippen LogP contribution is -2.27. The van der Waals surface area contributed by atoms with Gasteiger partial charge in [0.25, 0.3) is 0 Å². The molecule has 2 nitrogen and oxygen atoms in total. The van der Waals surface area contributed by atoms with Gasteiger partial charge in [0.05, 0.1) is 6.10 Å². The molecule has 0 heterocycles. The second-order valence-corrected chi connectivity index (χ2v) is 6.75. The van der Waals surface area contributed by atoms with Crippen LogP contribution in [0.5, 0.6) is 5.75 Å². The summed E-state index contributed by atoms with van der Waals surface area (Å²) in [5.74, 6) is 2.19. The van der Waals surface area contributed by atoms with Gasteiger partial charge in [0, 0.05) is 16.5 Å². The molecule has 1 aliphatic carbocycles. The molecule has 1 atom stereocenters. The third kappa shape index (κ3) is 3.85. The van der Waals surface area contributed by atoms with Crippen LogP contribution in [0.1, 0.15) is 44.6 Å². The van der Waals surface area contributed by atoms with Crippen molar-refractivity contribution in [3.05, 3.63) is 28.2 Å². The van der Waals surface area contributed by atoms with Crippen LogP contribution in [0.3, 0.4) is 0 Å². The van der Waals surface area contributed by atoms with E-state index in [9.17, 15) is 4.79 Å². The first-order chi connectivity index (χ1) is 9.61. The number of carbonyl (C=O) groups excluding carboxylic acids is 1. The van der Waals surface area contributed by atoms with Crippen molar-refractivity contribution in [3.63, 3.8) is 0 Å². The van der Waals surface area contributed by atoms with E-state index in [0.29, 0.717) is 24.4 Å². The second kappa shape index (κ2) is 7.26. The highest BCUT2D eigenvalue weighted by atomic mass is 79.9. The van der Waals surface area contributed by atoms with E-state index in [2.05, 4.69) is 29.8 Å². The van der Waals surface area contributed by atoms with Gasteiger partial charge in [0.15, 0.2) is 0 Å². The maximum Gasteiger partial charge on any atom is 0.123 e. The number of ether oxygens (including phenoxy) is 1. The van der Waals surface area contributed by atoms with Crippen molar-refractivity contribution in [2.24, 2.45) is 11.8 Å². The summed E-state index contributed by atoms with van der Waals surface area (Å²) >= 11 is 3.54. The van der Waals surface area contributed by atoms with Crippen molar-refractivity contribution in [3.8, 4) is 5.75 Å². The van der Waals surface area contributed by atoms with E-state index in [1.807, 2.05) is 18.2 Å². The van der Waals surface area contributed by atoms with E-state index in [1.54, 1.807) is 0 Å². The van der Waals surface area contributed by atoms with Crippen molar-refractivity contribution in [2.45, 2.75) is 52.1 Å². The van der Waals surface area contributed by atoms with Crippen LogP contribution in [-0.4, -0.2) is 12.4 Å². The first-order valence-electron chi connectivity index (χ1n) is 7.47. The van der Waals surface area contributed by atoms with Crippen LogP contribution in [0, 0.1) is 18.8 Å². The predicted octanol–water partition coefficient (Wildman–Crippen LogP) is 4.92. The number of aldehydes is 1. The van der Waals surface area contributed by atoms with Crippen molar-refractivity contribution in [1.82, 2.24) is 0 Å². The Hall–Kier alpha value is -0.830. The lowest BCUT2D eigenvalue weighted by Gasteiger charge is -2.32. The Morgan fingerprint density at radius 2 is 2.05 bits per heavy atom. The third-order valence-electron chi connectivity index (χ3n) is 4.50. The SMILES string of the molecule is Cc1c(Br)cccc1OC1CCC([C@@H](C)CC=O)CC1. The van der Waals surface area contributed by atoms with Gasteiger partial charge in [-0.25, -0.2) is 0 Å². The molecule has 0 radical (unpaired) electrons. The highest BCUT2D eigenvalue weighted by molar-refractivity contribution is 9.10. The maximum absolute atomic E-state index is 10.6. The zero-order valence-corrected chi connectivity index (χ0v) is 13.9. The van der Waals surface area contributed by atoms with Crippen LogP contribution in [0.25, 0.3) is 0 Å². The quantitative estimate of drug-likeness (QED) is 0.712. The van der Waals surface area contributed by atoms with Crippen LogP contribution in [0.4, 0.5) is 0 Å². The summed E-state index contributed by atoms with van der Waals surface area (Å²) in [5, 5.41) is 0. The summed E-state index contributed by atoms with van der Waals surface area (Å²) in [6, 6.07) is 6.10. The van der Waals surface area contributed by atoms with E-state index in [0.717, 1.165) is 29.4 Å². The van der Waals surface area contributed by atoms with Gasteiger partial charge >= 0.3 is 0 Å². The van der Waals surface area contributed by atoms with Gasteiger partial charge in [0.1, 0.15) is 12.0 Å². The summed E-state index contributed by atoms with van der Waals surface area (Å²) in [6.07, 6.45) is 6.61. The van der Waals surface area contributed by atoms with Gasteiger partial charge in [-0.1, -0.05) is 28.9 Å². The van der Waals surface area contributed by atoms with Gasteiger partial charge in [0.2, 0.25) is 0 Å². The lowest BCUT2D eigenvalue weighted by atomic mass is 9.78. The number of hydrogen-bond donors (Lipinski definition) is 0. The average molecular weight is 339 g/mol. The Kier molecular flexibility index (Phi) is 5.64. The first-order valence-corrected chi connectivity index (χ1v) is 8.26. The first kappa shape index (κ1) is 15.6. The molecule has 0 aliphatic heterocycles.